The highest BCUT2D eigenvalue weighted by Gasteiger charge is 2.42. The van der Waals surface area contributed by atoms with Gasteiger partial charge in [0.2, 0.25) is 11.8 Å². The summed E-state index contributed by atoms with van der Waals surface area (Å²) in [6.07, 6.45) is 4.40. The number of carbonyl (C=O) groups excluding carboxylic acids is 2. The Bertz CT molecular complexity index is 471. The lowest BCUT2D eigenvalue weighted by Crippen LogP contribution is -2.49. The highest BCUT2D eigenvalue weighted by Crippen LogP contribution is 2.31. The molecule has 22 heavy (non-hydrogen) atoms. The number of rotatable bonds is 4. The van der Waals surface area contributed by atoms with E-state index < -0.39 is 18.2 Å². The first-order valence-corrected chi connectivity index (χ1v) is 7.82. The van der Waals surface area contributed by atoms with Gasteiger partial charge in [0.15, 0.2) is 0 Å². The van der Waals surface area contributed by atoms with Gasteiger partial charge in [-0.1, -0.05) is 24.4 Å². The van der Waals surface area contributed by atoms with Crippen molar-refractivity contribution in [3.8, 4) is 0 Å². The first kappa shape index (κ1) is 16.6. The molecule has 3 atom stereocenters. The molecule has 1 heterocycles. The fraction of sp³-hybridized carbons (Fsp3) is 0.857. The van der Waals surface area contributed by atoms with Gasteiger partial charge in [0.25, 0.3) is 0 Å². The standard InChI is InChI=1S/C14H23N5O3/c1-16-13(21)11-7-10(20)8-19(11)14(22)12(17-18-15)9-5-3-2-4-6-9/h9-12,20H,2-8H2,1H3,(H,16,21)/t10-,11+,12+/m1/s1. The summed E-state index contributed by atoms with van der Waals surface area (Å²) in [5, 5.41) is 16.0. The maximum atomic E-state index is 12.8. The van der Waals surface area contributed by atoms with E-state index in [0.717, 1.165) is 32.1 Å². The zero-order valence-electron chi connectivity index (χ0n) is 12.8. The maximum Gasteiger partial charge on any atom is 0.242 e. The van der Waals surface area contributed by atoms with Crippen LogP contribution in [0.25, 0.3) is 10.4 Å². The van der Waals surface area contributed by atoms with Crippen molar-refractivity contribution in [2.45, 2.75) is 56.7 Å². The van der Waals surface area contributed by atoms with Gasteiger partial charge in [0, 0.05) is 24.9 Å². The largest absolute Gasteiger partial charge is 0.391 e. The molecule has 0 radical (unpaired) electrons. The van der Waals surface area contributed by atoms with Gasteiger partial charge < -0.3 is 15.3 Å². The predicted molar refractivity (Wildman–Crippen MR) is 79.7 cm³/mol. The smallest absolute Gasteiger partial charge is 0.242 e. The average molecular weight is 309 g/mol. The minimum atomic E-state index is -0.775. The van der Waals surface area contributed by atoms with Crippen LogP contribution in [0.1, 0.15) is 38.5 Å². The molecule has 2 aliphatic rings. The molecule has 0 aromatic carbocycles. The van der Waals surface area contributed by atoms with Crippen molar-refractivity contribution in [2.75, 3.05) is 13.6 Å². The van der Waals surface area contributed by atoms with E-state index in [4.69, 9.17) is 5.53 Å². The van der Waals surface area contributed by atoms with Crippen LogP contribution in [-0.4, -0.2) is 53.6 Å². The van der Waals surface area contributed by atoms with Crippen molar-refractivity contribution >= 4 is 11.8 Å². The van der Waals surface area contributed by atoms with Crippen molar-refractivity contribution in [1.29, 1.82) is 0 Å². The molecule has 1 saturated carbocycles. The lowest BCUT2D eigenvalue weighted by atomic mass is 9.83. The number of likely N-dealkylation sites (N-methyl/N-ethyl adjacent to an activating group) is 1. The van der Waals surface area contributed by atoms with Crippen LogP contribution in [0.15, 0.2) is 5.11 Å². The number of hydrogen-bond acceptors (Lipinski definition) is 4. The number of β-amino-alcohol motifs (C(OH)–C–C–N with tert-alkyl or cyclic N) is 1. The molecule has 1 aliphatic carbocycles. The van der Waals surface area contributed by atoms with Gasteiger partial charge in [-0.25, -0.2) is 0 Å². The van der Waals surface area contributed by atoms with Crippen LogP contribution in [0.4, 0.5) is 0 Å². The number of nitrogens with one attached hydrogen (secondary N) is 1. The van der Waals surface area contributed by atoms with Crippen molar-refractivity contribution in [1.82, 2.24) is 10.2 Å². The number of aliphatic hydroxyl groups is 1. The van der Waals surface area contributed by atoms with E-state index in [1.807, 2.05) is 0 Å². The summed E-state index contributed by atoms with van der Waals surface area (Å²) >= 11 is 0. The van der Waals surface area contributed by atoms with Crippen molar-refractivity contribution in [3.05, 3.63) is 10.4 Å². The molecule has 8 heteroatoms. The zero-order valence-corrected chi connectivity index (χ0v) is 12.8. The van der Waals surface area contributed by atoms with Crippen LogP contribution in [-0.2, 0) is 9.59 Å². The third-order valence-corrected chi connectivity index (χ3v) is 4.64. The molecule has 1 saturated heterocycles. The Morgan fingerprint density at radius 3 is 2.64 bits per heavy atom. The van der Waals surface area contributed by atoms with Crippen molar-refractivity contribution in [2.24, 2.45) is 11.0 Å². The third-order valence-electron chi connectivity index (χ3n) is 4.64. The number of likely N-dealkylation sites (tertiary alicyclic amines) is 1. The summed E-state index contributed by atoms with van der Waals surface area (Å²) in [6.45, 7) is 0.112. The molecule has 2 N–H and O–H groups in total. The van der Waals surface area contributed by atoms with E-state index in [1.165, 1.54) is 11.9 Å². The fourth-order valence-electron chi connectivity index (χ4n) is 3.49. The maximum absolute atomic E-state index is 12.8. The molecule has 122 valence electrons. The topological polar surface area (TPSA) is 118 Å². The van der Waals surface area contributed by atoms with Crippen molar-refractivity contribution < 1.29 is 14.7 Å². The van der Waals surface area contributed by atoms with Gasteiger partial charge in [-0.2, -0.15) is 0 Å². The molecule has 0 unspecified atom stereocenters. The van der Waals surface area contributed by atoms with Gasteiger partial charge >= 0.3 is 0 Å². The molecule has 0 bridgehead atoms. The number of azide groups is 1. The lowest BCUT2D eigenvalue weighted by Gasteiger charge is -2.31. The molecule has 8 nitrogen and oxygen atoms in total. The minimum Gasteiger partial charge on any atom is -0.391 e. The molecule has 1 aliphatic heterocycles. The van der Waals surface area contributed by atoms with Crippen LogP contribution in [0, 0.1) is 5.92 Å². The van der Waals surface area contributed by atoms with Gasteiger partial charge in [-0.3, -0.25) is 9.59 Å². The number of amides is 2. The normalized spacial score (nSPS) is 27.1. The van der Waals surface area contributed by atoms with Gasteiger partial charge in [0.05, 0.1) is 6.10 Å². The van der Waals surface area contributed by atoms with Crippen LogP contribution in [0.3, 0.4) is 0 Å². The van der Waals surface area contributed by atoms with Gasteiger partial charge in [-0.15, -0.1) is 0 Å². The second kappa shape index (κ2) is 7.47. The Morgan fingerprint density at radius 2 is 2.05 bits per heavy atom. The Hall–Kier alpha value is -1.79. The second-order valence-corrected chi connectivity index (χ2v) is 6.06. The Morgan fingerprint density at radius 1 is 1.36 bits per heavy atom. The van der Waals surface area contributed by atoms with Crippen LogP contribution < -0.4 is 5.32 Å². The minimum absolute atomic E-state index is 0.0280. The fourth-order valence-corrected chi connectivity index (χ4v) is 3.49. The Kier molecular flexibility index (Phi) is 5.63. The van der Waals surface area contributed by atoms with Crippen LogP contribution in [0.5, 0.6) is 0 Å². The van der Waals surface area contributed by atoms with E-state index in [9.17, 15) is 14.7 Å². The highest BCUT2D eigenvalue weighted by atomic mass is 16.3. The van der Waals surface area contributed by atoms with E-state index >= 15 is 0 Å². The summed E-state index contributed by atoms with van der Waals surface area (Å²) in [5.41, 5.74) is 8.79. The molecule has 2 amide bonds. The number of carbonyl (C=O) groups is 2. The predicted octanol–water partition coefficient (Wildman–Crippen LogP) is 0.953. The molecule has 0 aromatic rings. The molecule has 2 rings (SSSR count). The number of aliphatic hydroxyl groups excluding tert-OH is 1. The monoisotopic (exact) mass is 309 g/mol. The van der Waals surface area contributed by atoms with E-state index in [2.05, 4.69) is 15.3 Å². The molecule has 0 aromatic heterocycles. The summed E-state index contributed by atoms with van der Waals surface area (Å²) in [7, 11) is 1.50. The van der Waals surface area contributed by atoms with Gasteiger partial charge in [0.1, 0.15) is 12.1 Å². The zero-order chi connectivity index (χ0) is 16.1. The quantitative estimate of drug-likeness (QED) is 0.457. The molecule has 0 spiro atoms. The van der Waals surface area contributed by atoms with E-state index in [-0.39, 0.29) is 30.7 Å². The first-order chi connectivity index (χ1) is 10.6. The lowest BCUT2D eigenvalue weighted by molar-refractivity contribution is -0.140. The van der Waals surface area contributed by atoms with Gasteiger partial charge in [-0.05, 0) is 24.3 Å². The number of nitrogens with zero attached hydrogens (tertiary/aromatic N) is 4. The molecular weight excluding hydrogens is 286 g/mol. The summed E-state index contributed by atoms with van der Waals surface area (Å²) in [6, 6.07) is -1.46. The first-order valence-electron chi connectivity index (χ1n) is 7.82. The Labute approximate surface area is 129 Å². The summed E-state index contributed by atoms with van der Waals surface area (Å²) in [5.74, 6) is -0.608. The van der Waals surface area contributed by atoms with Crippen LogP contribution in [0.2, 0.25) is 0 Å². The van der Waals surface area contributed by atoms with E-state index in [0.29, 0.717) is 0 Å². The highest BCUT2D eigenvalue weighted by molar-refractivity contribution is 5.90. The Balaban J connectivity index is 2.17. The average Bonchev–Trinajstić information content (AvgIpc) is 2.94. The summed E-state index contributed by atoms with van der Waals surface area (Å²) in [4.78, 5) is 28.9. The molecule has 2 fully saturated rings. The van der Waals surface area contributed by atoms with Crippen molar-refractivity contribution in [3.63, 3.8) is 0 Å². The van der Waals surface area contributed by atoms with E-state index in [1.54, 1.807) is 0 Å². The number of hydrogen-bond donors (Lipinski definition) is 2. The third kappa shape index (κ3) is 3.51. The molecular formula is C14H23N5O3. The SMILES string of the molecule is CNC(=O)[C@@H]1C[C@@H](O)CN1C(=O)[C@@H](N=[N+]=[N-])C1CCCCC1. The second-order valence-electron chi connectivity index (χ2n) is 6.06. The van der Waals surface area contributed by atoms with Crippen LogP contribution >= 0.6 is 0 Å². The summed E-state index contributed by atoms with van der Waals surface area (Å²) < 4.78 is 0.